The number of ether oxygens (including phenoxy) is 1. The fourth-order valence-electron chi connectivity index (χ4n) is 1.70. The number of halogens is 1. The lowest BCUT2D eigenvalue weighted by molar-refractivity contribution is 0.129. The zero-order valence-corrected chi connectivity index (χ0v) is 11.6. The van der Waals surface area contributed by atoms with Crippen LogP contribution in [0.5, 0.6) is 5.75 Å². The number of benzene rings is 1. The van der Waals surface area contributed by atoms with Crippen LogP contribution in [0, 0.1) is 17.2 Å². The normalized spacial score (nSPS) is 13.8. The highest BCUT2D eigenvalue weighted by atomic mass is 79.9. The van der Waals surface area contributed by atoms with E-state index >= 15 is 0 Å². The molecule has 3 nitrogen and oxygen atoms in total. The molecule has 2 unspecified atom stereocenters. The smallest absolute Gasteiger partial charge is 0.119 e. The zero-order valence-electron chi connectivity index (χ0n) is 9.98. The average molecular weight is 298 g/mol. The van der Waals surface area contributed by atoms with Crippen molar-refractivity contribution in [3.8, 4) is 11.8 Å². The minimum Gasteiger partial charge on any atom is -0.497 e. The van der Waals surface area contributed by atoms with Gasteiger partial charge in [0.25, 0.3) is 0 Å². The van der Waals surface area contributed by atoms with Crippen molar-refractivity contribution in [3.05, 3.63) is 28.2 Å². The van der Waals surface area contributed by atoms with Crippen molar-refractivity contribution in [3.63, 3.8) is 0 Å². The van der Waals surface area contributed by atoms with Gasteiger partial charge >= 0.3 is 0 Å². The Hall–Kier alpha value is -1.05. The highest BCUT2D eigenvalue weighted by Gasteiger charge is 2.22. The molecule has 0 bridgehead atoms. The number of nitrogens with zero attached hydrogens (tertiary/aromatic N) is 1. The average Bonchev–Trinajstić information content (AvgIpc) is 2.35. The molecule has 0 heterocycles. The molecule has 1 aromatic carbocycles. The van der Waals surface area contributed by atoms with Gasteiger partial charge in [0.2, 0.25) is 0 Å². The molecular formula is C13H16BrNO2. The molecule has 1 rings (SSSR count). The maximum atomic E-state index is 10.2. The van der Waals surface area contributed by atoms with Gasteiger partial charge in [-0.2, -0.15) is 5.26 Å². The van der Waals surface area contributed by atoms with Crippen LogP contribution in [0.1, 0.15) is 31.4 Å². The van der Waals surface area contributed by atoms with Crippen molar-refractivity contribution in [2.75, 3.05) is 7.11 Å². The Kier molecular flexibility index (Phi) is 5.46. The van der Waals surface area contributed by atoms with Crippen LogP contribution < -0.4 is 4.74 Å². The van der Waals surface area contributed by atoms with Crippen LogP contribution >= 0.6 is 15.9 Å². The maximum Gasteiger partial charge on any atom is 0.119 e. The van der Waals surface area contributed by atoms with E-state index in [9.17, 15) is 5.11 Å². The van der Waals surface area contributed by atoms with Crippen LogP contribution in [0.15, 0.2) is 22.7 Å². The SMILES string of the molecule is CCCC(C#N)C(O)c1cc(OC)ccc1Br. The van der Waals surface area contributed by atoms with Crippen LogP contribution in [0.3, 0.4) is 0 Å². The molecule has 2 atom stereocenters. The summed E-state index contributed by atoms with van der Waals surface area (Å²) >= 11 is 3.38. The molecule has 0 radical (unpaired) electrons. The summed E-state index contributed by atoms with van der Waals surface area (Å²) in [5.74, 6) is 0.291. The Labute approximate surface area is 110 Å². The highest BCUT2D eigenvalue weighted by molar-refractivity contribution is 9.10. The summed E-state index contributed by atoms with van der Waals surface area (Å²) < 4.78 is 5.91. The van der Waals surface area contributed by atoms with Gasteiger partial charge in [-0.1, -0.05) is 29.3 Å². The molecule has 1 N–H and O–H groups in total. The Morgan fingerprint density at radius 1 is 1.53 bits per heavy atom. The van der Waals surface area contributed by atoms with E-state index in [1.807, 2.05) is 19.1 Å². The monoisotopic (exact) mass is 297 g/mol. The Morgan fingerprint density at radius 3 is 2.76 bits per heavy atom. The molecule has 0 aromatic heterocycles. The van der Waals surface area contributed by atoms with Crippen molar-refractivity contribution in [1.82, 2.24) is 0 Å². The third-order valence-corrected chi connectivity index (χ3v) is 3.39. The molecule has 0 saturated carbocycles. The van der Waals surface area contributed by atoms with Crippen LogP contribution in [0.2, 0.25) is 0 Å². The minimum absolute atomic E-state index is 0.386. The summed E-state index contributed by atoms with van der Waals surface area (Å²) in [5, 5.41) is 19.3. The molecule has 0 fully saturated rings. The Bertz CT molecular complexity index is 414. The molecule has 0 aliphatic carbocycles. The molecule has 0 saturated heterocycles. The number of aliphatic hydroxyl groups is 1. The number of methoxy groups -OCH3 is 1. The molecular weight excluding hydrogens is 282 g/mol. The number of hydrogen-bond donors (Lipinski definition) is 1. The number of hydrogen-bond acceptors (Lipinski definition) is 3. The van der Waals surface area contributed by atoms with Crippen LogP contribution in [-0.2, 0) is 0 Å². The third-order valence-electron chi connectivity index (χ3n) is 2.67. The fourth-order valence-corrected chi connectivity index (χ4v) is 2.18. The van der Waals surface area contributed by atoms with Crippen LogP contribution in [0.25, 0.3) is 0 Å². The van der Waals surface area contributed by atoms with Crippen molar-refractivity contribution < 1.29 is 9.84 Å². The molecule has 0 aliphatic heterocycles. The summed E-state index contributed by atoms with van der Waals surface area (Å²) in [5.41, 5.74) is 0.698. The summed E-state index contributed by atoms with van der Waals surface area (Å²) in [6, 6.07) is 7.54. The van der Waals surface area contributed by atoms with Crippen molar-refractivity contribution >= 4 is 15.9 Å². The van der Waals surface area contributed by atoms with Gasteiger partial charge in [0.1, 0.15) is 5.75 Å². The Morgan fingerprint density at radius 2 is 2.24 bits per heavy atom. The molecule has 1 aromatic rings. The van der Waals surface area contributed by atoms with E-state index in [0.29, 0.717) is 17.7 Å². The van der Waals surface area contributed by atoms with E-state index in [0.717, 1.165) is 10.9 Å². The van der Waals surface area contributed by atoms with E-state index in [2.05, 4.69) is 22.0 Å². The fraction of sp³-hybridized carbons (Fsp3) is 0.462. The van der Waals surface area contributed by atoms with Gasteiger partial charge in [-0.15, -0.1) is 0 Å². The van der Waals surface area contributed by atoms with E-state index in [1.165, 1.54) is 0 Å². The predicted octanol–water partition coefficient (Wildman–Crippen LogP) is 3.43. The highest BCUT2D eigenvalue weighted by Crippen LogP contribution is 2.33. The molecule has 92 valence electrons. The van der Waals surface area contributed by atoms with Crippen molar-refractivity contribution in [2.45, 2.75) is 25.9 Å². The molecule has 4 heteroatoms. The summed E-state index contributed by atoms with van der Waals surface area (Å²) in [7, 11) is 1.58. The predicted molar refractivity (Wildman–Crippen MR) is 69.7 cm³/mol. The first-order valence-corrected chi connectivity index (χ1v) is 6.34. The molecule has 0 spiro atoms. The quantitative estimate of drug-likeness (QED) is 0.906. The molecule has 0 amide bonds. The summed E-state index contributed by atoms with van der Waals surface area (Å²) in [6.07, 6.45) is 0.766. The number of aliphatic hydroxyl groups excluding tert-OH is 1. The number of rotatable bonds is 5. The second-order valence-electron chi connectivity index (χ2n) is 3.86. The van der Waals surface area contributed by atoms with Gasteiger partial charge in [-0.3, -0.25) is 0 Å². The van der Waals surface area contributed by atoms with Crippen LogP contribution in [0.4, 0.5) is 0 Å². The zero-order chi connectivity index (χ0) is 12.8. The first kappa shape index (κ1) is 14.0. The topological polar surface area (TPSA) is 53.2 Å². The van der Waals surface area contributed by atoms with Crippen LogP contribution in [-0.4, -0.2) is 12.2 Å². The lowest BCUT2D eigenvalue weighted by Crippen LogP contribution is -2.11. The van der Waals surface area contributed by atoms with Gasteiger partial charge in [0.15, 0.2) is 0 Å². The Balaban J connectivity index is 3.01. The number of nitriles is 1. The van der Waals surface area contributed by atoms with Crippen molar-refractivity contribution in [2.24, 2.45) is 5.92 Å². The third kappa shape index (κ3) is 3.45. The first-order chi connectivity index (χ1) is 8.13. The standard InChI is InChI=1S/C13H16BrNO2/c1-3-4-9(8-15)13(16)11-7-10(17-2)5-6-12(11)14/h5-7,9,13,16H,3-4H2,1-2H3. The van der Waals surface area contributed by atoms with E-state index in [4.69, 9.17) is 10.00 Å². The van der Waals surface area contributed by atoms with E-state index in [1.54, 1.807) is 13.2 Å². The minimum atomic E-state index is -0.788. The van der Waals surface area contributed by atoms with Gasteiger partial charge in [-0.25, -0.2) is 0 Å². The lowest BCUT2D eigenvalue weighted by atomic mass is 9.93. The second kappa shape index (κ2) is 6.63. The van der Waals surface area contributed by atoms with Gasteiger partial charge in [-0.05, 0) is 30.2 Å². The summed E-state index contributed by atoms with van der Waals surface area (Å²) in [6.45, 7) is 2.00. The molecule has 0 aliphatic rings. The van der Waals surface area contributed by atoms with Crippen molar-refractivity contribution in [1.29, 1.82) is 5.26 Å². The van der Waals surface area contributed by atoms with E-state index in [-0.39, 0.29) is 5.92 Å². The van der Waals surface area contributed by atoms with E-state index < -0.39 is 6.10 Å². The second-order valence-corrected chi connectivity index (χ2v) is 4.71. The largest absolute Gasteiger partial charge is 0.497 e. The summed E-state index contributed by atoms with van der Waals surface area (Å²) in [4.78, 5) is 0. The first-order valence-electron chi connectivity index (χ1n) is 5.55. The van der Waals surface area contributed by atoms with Gasteiger partial charge in [0.05, 0.1) is 25.2 Å². The lowest BCUT2D eigenvalue weighted by Gasteiger charge is -2.18. The van der Waals surface area contributed by atoms with Gasteiger partial charge < -0.3 is 9.84 Å². The maximum absolute atomic E-state index is 10.2. The molecule has 17 heavy (non-hydrogen) atoms. The van der Waals surface area contributed by atoms with Gasteiger partial charge in [0, 0.05) is 4.47 Å².